The van der Waals surface area contributed by atoms with Gasteiger partial charge in [-0.25, -0.2) is 9.97 Å². The minimum Gasteiger partial charge on any atom is -0.372 e. The van der Waals surface area contributed by atoms with Gasteiger partial charge in [0.25, 0.3) is 5.91 Å². The number of hydrogen-bond donors (Lipinski definition) is 2. The van der Waals surface area contributed by atoms with Crippen LogP contribution >= 0.6 is 0 Å². The molecule has 27 heavy (non-hydrogen) atoms. The number of carbonyl (C=O) groups is 1. The van der Waals surface area contributed by atoms with Crippen LogP contribution in [-0.2, 0) is 0 Å². The van der Waals surface area contributed by atoms with Gasteiger partial charge in [-0.2, -0.15) is 0 Å². The summed E-state index contributed by atoms with van der Waals surface area (Å²) in [4.78, 5) is 23.2. The quantitative estimate of drug-likeness (QED) is 0.848. The van der Waals surface area contributed by atoms with Crippen LogP contribution in [0.2, 0.25) is 0 Å². The summed E-state index contributed by atoms with van der Waals surface area (Å²) in [6.45, 7) is 10.6. The Labute approximate surface area is 161 Å². The monoisotopic (exact) mass is 367 g/mol. The molecule has 144 valence electrons. The molecular formula is C21H29N5O. The number of rotatable bonds is 4. The van der Waals surface area contributed by atoms with Gasteiger partial charge in [0.1, 0.15) is 17.8 Å². The Kier molecular flexibility index (Phi) is 5.63. The SMILES string of the molecule is CC1CCN(c2ccc(NC(=O)c3cc(NC(C)(C)C)ncn3)cc2)CC1. The van der Waals surface area contributed by atoms with E-state index < -0.39 is 0 Å². The summed E-state index contributed by atoms with van der Waals surface area (Å²) in [6.07, 6.45) is 3.87. The van der Waals surface area contributed by atoms with Crippen LogP contribution in [0.25, 0.3) is 0 Å². The van der Waals surface area contributed by atoms with Crippen LogP contribution in [0.3, 0.4) is 0 Å². The lowest BCUT2D eigenvalue weighted by Gasteiger charge is -2.32. The van der Waals surface area contributed by atoms with Crippen LogP contribution in [0.5, 0.6) is 0 Å². The molecule has 1 fully saturated rings. The molecule has 0 radical (unpaired) electrons. The molecule has 0 bridgehead atoms. The Morgan fingerprint density at radius 3 is 2.41 bits per heavy atom. The van der Waals surface area contributed by atoms with Crippen LogP contribution < -0.4 is 15.5 Å². The van der Waals surface area contributed by atoms with Crippen LogP contribution in [0, 0.1) is 5.92 Å². The Bertz CT molecular complexity index is 774. The third-order valence-electron chi connectivity index (χ3n) is 4.68. The molecule has 1 aromatic carbocycles. The minimum atomic E-state index is -0.242. The zero-order chi connectivity index (χ0) is 19.4. The average molecular weight is 367 g/mol. The smallest absolute Gasteiger partial charge is 0.274 e. The lowest BCUT2D eigenvalue weighted by atomic mass is 9.99. The molecule has 6 heteroatoms. The van der Waals surface area contributed by atoms with Crippen molar-refractivity contribution in [1.82, 2.24) is 9.97 Å². The number of nitrogens with zero attached hydrogens (tertiary/aromatic N) is 3. The summed E-state index contributed by atoms with van der Waals surface area (Å²) in [5.74, 6) is 1.21. The molecule has 1 aliphatic heterocycles. The Balaban J connectivity index is 1.63. The second-order valence-corrected chi connectivity index (χ2v) is 8.33. The van der Waals surface area contributed by atoms with E-state index in [2.05, 4.69) is 44.6 Å². The Morgan fingerprint density at radius 2 is 1.78 bits per heavy atom. The molecule has 1 saturated heterocycles. The lowest BCUT2D eigenvalue weighted by Crippen LogP contribution is -2.32. The van der Waals surface area contributed by atoms with Crippen molar-refractivity contribution < 1.29 is 4.79 Å². The summed E-state index contributed by atoms with van der Waals surface area (Å²) < 4.78 is 0. The second kappa shape index (κ2) is 7.94. The number of amides is 1. The van der Waals surface area contributed by atoms with Gasteiger partial charge >= 0.3 is 0 Å². The standard InChI is InChI=1S/C21H29N5O/c1-15-9-11-26(12-10-15)17-7-5-16(6-8-17)24-20(27)18-13-19(23-14-22-18)25-21(2,3)4/h5-8,13-15H,9-12H2,1-4H3,(H,24,27)(H,22,23,25). The van der Waals surface area contributed by atoms with E-state index >= 15 is 0 Å². The van der Waals surface area contributed by atoms with Crippen molar-refractivity contribution >= 4 is 23.1 Å². The van der Waals surface area contributed by atoms with Gasteiger partial charge in [0.2, 0.25) is 0 Å². The first-order valence-corrected chi connectivity index (χ1v) is 9.57. The molecule has 0 unspecified atom stereocenters. The highest BCUT2D eigenvalue weighted by Gasteiger charge is 2.16. The molecule has 3 rings (SSSR count). The molecule has 2 N–H and O–H groups in total. The van der Waals surface area contributed by atoms with Crippen LogP contribution in [-0.4, -0.2) is 34.5 Å². The molecule has 2 heterocycles. The number of hydrogen-bond acceptors (Lipinski definition) is 5. The highest BCUT2D eigenvalue weighted by atomic mass is 16.1. The van der Waals surface area contributed by atoms with E-state index in [1.807, 2.05) is 32.9 Å². The summed E-state index contributed by atoms with van der Waals surface area (Å²) in [5.41, 5.74) is 2.17. The summed E-state index contributed by atoms with van der Waals surface area (Å²) in [7, 11) is 0. The van der Waals surface area contributed by atoms with Gasteiger partial charge in [-0.15, -0.1) is 0 Å². The zero-order valence-corrected chi connectivity index (χ0v) is 16.6. The summed E-state index contributed by atoms with van der Waals surface area (Å²) >= 11 is 0. The number of anilines is 3. The van der Waals surface area contributed by atoms with Gasteiger partial charge < -0.3 is 15.5 Å². The van der Waals surface area contributed by atoms with Crippen molar-refractivity contribution in [3.05, 3.63) is 42.4 Å². The van der Waals surface area contributed by atoms with Gasteiger partial charge in [-0.05, 0) is 63.8 Å². The van der Waals surface area contributed by atoms with Gasteiger partial charge in [-0.3, -0.25) is 4.79 Å². The van der Waals surface area contributed by atoms with Gasteiger partial charge in [0, 0.05) is 36.1 Å². The predicted octanol–water partition coefficient (Wildman–Crippen LogP) is 4.18. The number of nitrogens with one attached hydrogen (secondary N) is 2. The second-order valence-electron chi connectivity index (χ2n) is 8.33. The Hall–Kier alpha value is -2.63. The fourth-order valence-corrected chi connectivity index (χ4v) is 3.15. The van der Waals surface area contributed by atoms with E-state index in [1.54, 1.807) is 6.07 Å². The van der Waals surface area contributed by atoms with Crippen molar-refractivity contribution in [2.24, 2.45) is 5.92 Å². The first kappa shape index (κ1) is 19.1. The first-order valence-electron chi connectivity index (χ1n) is 9.57. The third-order valence-corrected chi connectivity index (χ3v) is 4.68. The molecule has 1 amide bonds. The Morgan fingerprint density at radius 1 is 1.11 bits per heavy atom. The van der Waals surface area contributed by atoms with Gasteiger partial charge in [0.05, 0.1) is 0 Å². The minimum absolute atomic E-state index is 0.135. The largest absolute Gasteiger partial charge is 0.372 e. The van der Waals surface area contributed by atoms with Crippen molar-refractivity contribution in [2.75, 3.05) is 28.6 Å². The van der Waals surface area contributed by atoms with E-state index in [0.29, 0.717) is 11.5 Å². The topological polar surface area (TPSA) is 70.2 Å². The number of benzene rings is 1. The highest BCUT2D eigenvalue weighted by Crippen LogP contribution is 2.24. The molecule has 0 saturated carbocycles. The number of aromatic nitrogens is 2. The zero-order valence-electron chi connectivity index (χ0n) is 16.6. The molecule has 1 aliphatic rings. The van der Waals surface area contributed by atoms with Crippen LogP contribution in [0.15, 0.2) is 36.7 Å². The number of piperidine rings is 1. The number of carbonyl (C=O) groups excluding carboxylic acids is 1. The van der Waals surface area contributed by atoms with Gasteiger partial charge in [0.15, 0.2) is 0 Å². The maximum Gasteiger partial charge on any atom is 0.274 e. The average Bonchev–Trinajstić information content (AvgIpc) is 2.62. The third kappa shape index (κ3) is 5.42. The normalized spacial score (nSPS) is 15.5. The summed E-state index contributed by atoms with van der Waals surface area (Å²) in [5, 5.41) is 6.16. The molecule has 2 aromatic rings. The lowest BCUT2D eigenvalue weighted by molar-refractivity contribution is 0.102. The van der Waals surface area contributed by atoms with Crippen molar-refractivity contribution in [2.45, 2.75) is 46.1 Å². The molecule has 6 nitrogen and oxygen atoms in total. The van der Waals surface area contributed by atoms with Crippen molar-refractivity contribution in [3.8, 4) is 0 Å². The fourth-order valence-electron chi connectivity index (χ4n) is 3.15. The van der Waals surface area contributed by atoms with E-state index in [-0.39, 0.29) is 11.4 Å². The van der Waals surface area contributed by atoms with Crippen LogP contribution in [0.1, 0.15) is 51.0 Å². The molecule has 0 spiro atoms. The van der Waals surface area contributed by atoms with E-state index in [0.717, 1.165) is 24.7 Å². The molecule has 0 atom stereocenters. The maximum absolute atomic E-state index is 12.5. The molecular weight excluding hydrogens is 338 g/mol. The predicted molar refractivity (Wildman–Crippen MR) is 110 cm³/mol. The van der Waals surface area contributed by atoms with Gasteiger partial charge in [-0.1, -0.05) is 6.92 Å². The maximum atomic E-state index is 12.5. The van der Waals surface area contributed by atoms with Crippen LogP contribution in [0.4, 0.5) is 17.2 Å². The molecule has 1 aromatic heterocycles. The molecule has 0 aliphatic carbocycles. The van der Waals surface area contributed by atoms with Crippen molar-refractivity contribution in [3.63, 3.8) is 0 Å². The van der Waals surface area contributed by atoms with E-state index in [1.165, 1.54) is 24.9 Å². The summed E-state index contributed by atoms with van der Waals surface area (Å²) in [6, 6.07) is 9.70. The van der Waals surface area contributed by atoms with Crippen molar-refractivity contribution in [1.29, 1.82) is 0 Å². The fraction of sp³-hybridized carbons (Fsp3) is 0.476. The van der Waals surface area contributed by atoms with E-state index in [4.69, 9.17) is 0 Å². The van der Waals surface area contributed by atoms with E-state index in [9.17, 15) is 4.79 Å². The first-order chi connectivity index (χ1) is 12.8. The highest BCUT2D eigenvalue weighted by molar-refractivity contribution is 6.03.